The molecule has 0 radical (unpaired) electrons. The van der Waals surface area contributed by atoms with Gasteiger partial charge in [0.2, 0.25) is 15.9 Å². The van der Waals surface area contributed by atoms with Crippen LogP contribution in [0.1, 0.15) is 48.9 Å². The zero-order valence-electron chi connectivity index (χ0n) is 18.2. The van der Waals surface area contributed by atoms with Crippen molar-refractivity contribution in [2.45, 2.75) is 45.1 Å². The van der Waals surface area contributed by atoms with Gasteiger partial charge in [-0.1, -0.05) is 36.7 Å². The first-order valence-electron chi connectivity index (χ1n) is 10.4. The molecule has 0 saturated carbocycles. The largest absolute Gasteiger partial charge is 0.495 e. The number of aryl methyl sites for hydroxylation is 2. The molecule has 2 aromatic rings. The van der Waals surface area contributed by atoms with Crippen LogP contribution in [-0.4, -0.2) is 34.2 Å². The fraction of sp³-hybridized carbons (Fsp3) is 0.435. The Hall–Kier alpha value is -2.25. The Morgan fingerprint density at radius 3 is 2.48 bits per heavy atom. The lowest BCUT2D eigenvalue weighted by Crippen LogP contribution is -2.41. The molecule has 0 unspecified atom stereocenters. The molecule has 2 aromatic carbocycles. The first-order chi connectivity index (χ1) is 14.7. The average molecular weight is 465 g/mol. The smallest absolute Gasteiger partial charge is 0.241 e. The highest BCUT2D eigenvalue weighted by Crippen LogP contribution is 2.30. The molecule has 0 spiro atoms. The number of halogens is 1. The molecule has 3 rings (SSSR count). The van der Waals surface area contributed by atoms with Crippen molar-refractivity contribution in [2.24, 2.45) is 0 Å². The van der Waals surface area contributed by atoms with Crippen LogP contribution in [0.3, 0.4) is 0 Å². The van der Waals surface area contributed by atoms with Crippen LogP contribution in [-0.2, 0) is 27.7 Å². The van der Waals surface area contributed by atoms with Gasteiger partial charge in [0.25, 0.3) is 0 Å². The summed E-state index contributed by atoms with van der Waals surface area (Å²) in [4.78, 5) is 12.8. The monoisotopic (exact) mass is 464 g/mol. The normalized spacial score (nSPS) is 14.5. The van der Waals surface area contributed by atoms with Gasteiger partial charge in [0.05, 0.1) is 30.1 Å². The molecule has 168 valence electrons. The van der Waals surface area contributed by atoms with E-state index in [0.717, 1.165) is 29.0 Å². The number of nitrogens with zero attached hydrogens (tertiary/aromatic N) is 1. The summed E-state index contributed by atoms with van der Waals surface area (Å²) in [6.45, 7) is 1.67. The summed E-state index contributed by atoms with van der Waals surface area (Å²) < 4.78 is 31.0. The van der Waals surface area contributed by atoms with E-state index in [1.54, 1.807) is 12.1 Å². The third-order valence-electron chi connectivity index (χ3n) is 5.63. The molecule has 0 bridgehead atoms. The second-order valence-electron chi connectivity index (χ2n) is 7.85. The van der Waals surface area contributed by atoms with E-state index in [9.17, 15) is 13.2 Å². The van der Waals surface area contributed by atoms with Crippen LogP contribution in [0.15, 0.2) is 36.4 Å². The average Bonchev–Trinajstić information content (AvgIpc) is 2.74. The van der Waals surface area contributed by atoms with Crippen LogP contribution in [0.25, 0.3) is 0 Å². The van der Waals surface area contributed by atoms with Gasteiger partial charge in [-0.15, -0.1) is 0 Å². The molecule has 1 aliphatic rings. The summed E-state index contributed by atoms with van der Waals surface area (Å²) in [5, 5.41) is 3.27. The number of amides is 1. The van der Waals surface area contributed by atoms with Gasteiger partial charge in [-0.25, -0.2) is 8.42 Å². The van der Waals surface area contributed by atoms with Crippen LogP contribution in [0.2, 0.25) is 5.02 Å². The number of sulfonamides is 1. The van der Waals surface area contributed by atoms with E-state index >= 15 is 0 Å². The van der Waals surface area contributed by atoms with Crippen molar-refractivity contribution < 1.29 is 17.9 Å². The predicted octanol–water partition coefficient (Wildman–Crippen LogP) is 4.26. The Balaban J connectivity index is 1.78. The topological polar surface area (TPSA) is 75.7 Å². The molecule has 1 atom stereocenters. The van der Waals surface area contributed by atoms with Crippen LogP contribution in [0, 0.1) is 0 Å². The molecule has 6 nitrogen and oxygen atoms in total. The Bertz CT molecular complexity index is 1060. The summed E-state index contributed by atoms with van der Waals surface area (Å²) in [5.41, 5.74) is 4.10. The standard InChI is InChI=1S/C23H29ClN2O4S/c1-4-21(18-10-9-16-7-5-6-8-17(16)13-18)25-23(27)15-26(31(3,28)29)19-11-12-22(30-2)20(24)14-19/h9-14,21H,4-8,15H2,1-3H3,(H,25,27)/t21-/m0/s1. The van der Waals surface area contributed by atoms with Crippen LogP contribution >= 0.6 is 11.6 Å². The van der Waals surface area contributed by atoms with Crippen LogP contribution < -0.4 is 14.4 Å². The van der Waals surface area contributed by atoms with E-state index in [0.29, 0.717) is 17.9 Å². The first-order valence-corrected chi connectivity index (χ1v) is 12.7. The van der Waals surface area contributed by atoms with Crippen molar-refractivity contribution in [1.29, 1.82) is 0 Å². The number of hydrogen-bond donors (Lipinski definition) is 1. The molecule has 1 amide bonds. The minimum Gasteiger partial charge on any atom is -0.495 e. The molecule has 31 heavy (non-hydrogen) atoms. The quantitative estimate of drug-likeness (QED) is 0.633. The van der Waals surface area contributed by atoms with E-state index in [4.69, 9.17) is 16.3 Å². The van der Waals surface area contributed by atoms with E-state index in [1.165, 1.54) is 37.1 Å². The fourth-order valence-corrected chi connectivity index (χ4v) is 5.07. The zero-order chi connectivity index (χ0) is 22.6. The molecule has 1 aliphatic carbocycles. The lowest BCUT2D eigenvalue weighted by Gasteiger charge is -2.25. The molecular formula is C23H29ClN2O4S. The number of methoxy groups -OCH3 is 1. The van der Waals surface area contributed by atoms with E-state index in [1.807, 2.05) is 6.92 Å². The Kier molecular flexibility index (Phi) is 7.49. The SMILES string of the molecule is CC[C@H](NC(=O)CN(c1ccc(OC)c(Cl)c1)S(C)(=O)=O)c1ccc2c(c1)CCCC2. The van der Waals surface area contributed by atoms with E-state index in [-0.39, 0.29) is 23.5 Å². The van der Waals surface area contributed by atoms with E-state index in [2.05, 4.69) is 23.5 Å². The van der Waals surface area contributed by atoms with Gasteiger partial charge in [-0.05, 0) is 67.0 Å². The van der Waals surface area contributed by atoms with Crippen molar-refractivity contribution in [3.8, 4) is 5.75 Å². The van der Waals surface area contributed by atoms with Crippen LogP contribution in [0.5, 0.6) is 5.75 Å². The summed E-state index contributed by atoms with van der Waals surface area (Å²) >= 11 is 6.16. The van der Waals surface area contributed by atoms with Crippen molar-refractivity contribution in [2.75, 3.05) is 24.2 Å². The number of anilines is 1. The van der Waals surface area contributed by atoms with Crippen molar-refractivity contribution in [3.05, 3.63) is 58.1 Å². The van der Waals surface area contributed by atoms with Crippen LogP contribution in [0.4, 0.5) is 5.69 Å². The van der Waals surface area contributed by atoms with Gasteiger partial charge in [0.1, 0.15) is 12.3 Å². The van der Waals surface area contributed by atoms with Gasteiger partial charge >= 0.3 is 0 Å². The highest BCUT2D eigenvalue weighted by Gasteiger charge is 2.24. The van der Waals surface area contributed by atoms with Gasteiger partial charge < -0.3 is 10.1 Å². The molecule has 0 aliphatic heterocycles. The number of nitrogens with one attached hydrogen (secondary N) is 1. The summed E-state index contributed by atoms with van der Waals surface area (Å²) in [6.07, 6.45) is 6.35. The number of fused-ring (bicyclic) bond motifs is 1. The minimum absolute atomic E-state index is 0.180. The van der Waals surface area contributed by atoms with Crippen molar-refractivity contribution >= 4 is 33.2 Å². The van der Waals surface area contributed by atoms with Gasteiger partial charge in [-0.3, -0.25) is 9.10 Å². The number of ether oxygens (including phenoxy) is 1. The Morgan fingerprint density at radius 1 is 1.16 bits per heavy atom. The molecule has 0 heterocycles. The molecular weight excluding hydrogens is 436 g/mol. The Labute approximate surface area is 189 Å². The van der Waals surface area contributed by atoms with Gasteiger partial charge in [0, 0.05) is 0 Å². The Morgan fingerprint density at radius 2 is 1.87 bits per heavy atom. The summed E-state index contributed by atoms with van der Waals surface area (Å²) in [7, 11) is -2.22. The number of benzene rings is 2. The first kappa shape index (κ1) is 23.4. The number of rotatable bonds is 8. The van der Waals surface area contributed by atoms with Gasteiger partial charge in [-0.2, -0.15) is 0 Å². The van der Waals surface area contributed by atoms with E-state index < -0.39 is 10.0 Å². The highest BCUT2D eigenvalue weighted by molar-refractivity contribution is 7.92. The second-order valence-corrected chi connectivity index (χ2v) is 10.2. The summed E-state index contributed by atoms with van der Waals surface area (Å²) in [5.74, 6) is 0.0590. The van der Waals surface area contributed by atoms with Crippen molar-refractivity contribution in [1.82, 2.24) is 5.32 Å². The third-order valence-corrected chi connectivity index (χ3v) is 7.07. The second kappa shape index (κ2) is 9.92. The highest BCUT2D eigenvalue weighted by atomic mass is 35.5. The van der Waals surface area contributed by atoms with Crippen molar-refractivity contribution in [3.63, 3.8) is 0 Å². The number of carbonyl (C=O) groups excluding carboxylic acids is 1. The lowest BCUT2D eigenvalue weighted by atomic mass is 9.89. The maximum Gasteiger partial charge on any atom is 0.241 e. The third kappa shape index (κ3) is 5.71. The minimum atomic E-state index is -3.70. The zero-order valence-corrected chi connectivity index (χ0v) is 19.7. The summed E-state index contributed by atoms with van der Waals surface area (Å²) in [6, 6.07) is 10.9. The maximum atomic E-state index is 12.8. The maximum absolute atomic E-state index is 12.8. The van der Waals surface area contributed by atoms with Gasteiger partial charge in [0.15, 0.2) is 0 Å². The predicted molar refractivity (Wildman–Crippen MR) is 124 cm³/mol. The molecule has 0 aromatic heterocycles. The fourth-order valence-electron chi connectivity index (χ4n) is 3.97. The molecule has 1 N–H and O–H groups in total. The molecule has 8 heteroatoms. The number of hydrogen-bond acceptors (Lipinski definition) is 4. The lowest BCUT2D eigenvalue weighted by molar-refractivity contribution is -0.120. The molecule has 0 saturated heterocycles. The number of carbonyl (C=O) groups is 1. The molecule has 0 fully saturated rings.